The summed E-state index contributed by atoms with van der Waals surface area (Å²) in [6.45, 7) is 3.61. The van der Waals surface area contributed by atoms with Crippen molar-refractivity contribution in [1.29, 1.82) is 0 Å². The van der Waals surface area contributed by atoms with Crippen LogP contribution in [-0.4, -0.2) is 120 Å². The zero-order chi connectivity index (χ0) is 47.2. The van der Waals surface area contributed by atoms with Crippen LogP contribution in [0.2, 0.25) is 0 Å². The number of nitrogens with one attached hydrogen (secondary N) is 1. The third-order valence-corrected chi connectivity index (χ3v) is 13.4. The Morgan fingerprint density at radius 1 is 0.545 bits per heavy atom. The second-order valence-electron chi connectivity index (χ2n) is 17.3. The van der Waals surface area contributed by atoms with Crippen molar-refractivity contribution in [2.24, 2.45) is 0 Å². The molecule has 0 bridgehead atoms. The predicted octanol–water partition coefficient (Wildman–Crippen LogP) is 6.50. The molecule has 0 fully saturated rings. The first-order chi connectivity index (χ1) is 32.0. The van der Waals surface area contributed by atoms with Gasteiger partial charge in [-0.1, -0.05) is 12.1 Å². The molecule has 66 heavy (non-hydrogen) atoms. The molecular weight excluding hydrogens is 845 g/mol. The summed E-state index contributed by atoms with van der Waals surface area (Å²) in [6.07, 6.45) is 5.90. The Bertz CT molecular complexity index is 2260. The molecule has 14 nitrogen and oxygen atoms in total. The topological polar surface area (TPSA) is 131 Å². The van der Waals surface area contributed by atoms with Gasteiger partial charge in [0.25, 0.3) is 0 Å². The molecule has 0 saturated heterocycles. The third kappa shape index (κ3) is 11.9. The van der Waals surface area contributed by atoms with Crippen LogP contribution in [0.15, 0.2) is 60.7 Å². The van der Waals surface area contributed by atoms with Crippen molar-refractivity contribution in [2.75, 3.05) is 103 Å². The summed E-state index contributed by atoms with van der Waals surface area (Å²) in [5.41, 5.74) is 7.01. The van der Waals surface area contributed by atoms with Crippen molar-refractivity contribution in [3.8, 4) is 46.0 Å². The van der Waals surface area contributed by atoms with Gasteiger partial charge in [-0.2, -0.15) is 0 Å². The minimum atomic E-state index is -0.214. The number of benzene rings is 4. The van der Waals surface area contributed by atoms with Gasteiger partial charge in [0.15, 0.2) is 46.0 Å². The number of carbonyl (C=O) groups excluding carboxylic acids is 2. The molecule has 1 N–H and O–H groups in total. The smallest absolute Gasteiger partial charge is 0.311 e. The second kappa shape index (κ2) is 23.5. The van der Waals surface area contributed by atoms with Gasteiger partial charge < -0.3 is 56.8 Å². The summed E-state index contributed by atoms with van der Waals surface area (Å²) < 4.78 is 57.0. The molecule has 14 heteroatoms. The number of rotatable bonds is 24. The molecule has 4 atom stereocenters. The van der Waals surface area contributed by atoms with E-state index >= 15 is 0 Å². The highest BCUT2D eigenvalue weighted by atomic mass is 16.5. The first kappa shape index (κ1) is 49.6. The lowest BCUT2D eigenvalue weighted by atomic mass is 9.86. The minimum Gasteiger partial charge on any atom is -0.493 e. The van der Waals surface area contributed by atoms with E-state index in [4.69, 9.17) is 47.4 Å². The average Bonchev–Trinajstić information content (AvgIpc) is 3.34. The van der Waals surface area contributed by atoms with Crippen LogP contribution in [0.4, 0.5) is 0 Å². The van der Waals surface area contributed by atoms with Crippen molar-refractivity contribution in [1.82, 2.24) is 0 Å². The van der Waals surface area contributed by atoms with Crippen LogP contribution >= 0.6 is 0 Å². The van der Waals surface area contributed by atoms with E-state index in [2.05, 4.69) is 43.4 Å². The summed E-state index contributed by atoms with van der Waals surface area (Å²) in [7, 11) is 15.4. The van der Waals surface area contributed by atoms with Crippen LogP contribution < -0.4 is 42.8 Å². The Kier molecular flexibility index (Phi) is 17.7. The molecule has 0 radical (unpaired) electrons. The molecule has 4 aromatic rings. The first-order valence-electron chi connectivity index (χ1n) is 22.9. The number of esters is 2. The second-order valence-corrected chi connectivity index (χ2v) is 17.3. The zero-order valence-corrected chi connectivity index (χ0v) is 40.4. The maximum atomic E-state index is 13.2. The molecular formula is C52H70N2O12+2. The van der Waals surface area contributed by atoms with Crippen molar-refractivity contribution >= 4 is 11.9 Å². The van der Waals surface area contributed by atoms with Crippen molar-refractivity contribution < 1.29 is 66.3 Å². The van der Waals surface area contributed by atoms with E-state index in [0.29, 0.717) is 102 Å². The van der Waals surface area contributed by atoms with Gasteiger partial charge in [-0.15, -0.1) is 0 Å². The molecule has 358 valence electrons. The average molecular weight is 915 g/mol. The fourth-order valence-corrected chi connectivity index (χ4v) is 9.63. The van der Waals surface area contributed by atoms with Crippen molar-refractivity contribution in [2.45, 2.75) is 69.9 Å². The summed E-state index contributed by atoms with van der Waals surface area (Å²) in [4.78, 5) is 27.5. The Hall–Kier alpha value is -5.86. The van der Waals surface area contributed by atoms with Crippen LogP contribution in [0.5, 0.6) is 46.0 Å². The summed E-state index contributed by atoms with van der Waals surface area (Å²) in [6, 6.07) is 20.5. The van der Waals surface area contributed by atoms with Gasteiger partial charge in [-0.3, -0.25) is 9.59 Å². The highest BCUT2D eigenvalue weighted by Gasteiger charge is 2.41. The number of quaternary nitrogens is 2. The molecule has 2 aliphatic heterocycles. The van der Waals surface area contributed by atoms with E-state index in [1.54, 1.807) is 56.9 Å². The lowest BCUT2D eigenvalue weighted by Gasteiger charge is -2.46. The van der Waals surface area contributed by atoms with E-state index in [0.717, 1.165) is 56.3 Å². The molecule has 6 rings (SSSR count). The first-order valence-corrected chi connectivity index (χ1v) is 22.9. The summed E-state index contributed by atoms with van der Waals surface area (Å²) in [5.74, 6) is 5.07. The van der Waals surface area contributed by atoms with Crippen molar-refractivity contribution in [3.05, 3.63) is 94.0 Å². The standard InChI is InChI=1S/C52H69N2O12/c1-54(23-19-38-32-48(62-7)50(64-9)34-40(38)42(54)28-36-14-16-44(58-3)46(30-36)60-5)24-20-52(56)66-26-12-10-11-25-65-51(55)18-22-53-21-17-37-31-47(61-6)49(63-8)33-39(37)41(53)27-35-13-15-43(57-2)45(29-35)59-4/h13-16,29-34,41-42H,10-12,17-28H2,1-9H3/q+1/p+1. The van der Waals surface area contributed by atoms with Gasteiger partial charge in [0, 0.05) is 36.8 Å². The predicted molar refractivity (Wildman–Crippen MR) is 250 cm³/mol. The van der Waals surface area contributed by atoms with Gasteiger partial charge in [-0.25, -0.2) is 0 Å². The molecule has 4 unspecified atom stereocenters. The van der Waals surface area contributed by atoms with Crippen LogP contribution in [-0.2, 0) is 44.7 Å². The normalized spacial score (nSPS) is 18.5. The number of unbranched alkanes of at least 4 members (excludes halogenated alkanes) is 2. The Balaban J connectivity index is 0.972. The number of hydrogen-bond donors (Lipinski definition) is 1. The fourth-order valence-electron chi connectivity index (χ4n) is 9.63. The molecule has 0 amide bonds. The molecule has 0 aromatic heterocycles. The molecule has 0 spiro atoms. The number of fused-ring (bicyclic) bond motifs is 2. The number of hydrogen-bond acceptors (Lipinski definition) is 12. The molecule has 4 aromatic carbocycles. The number of nitrogens with zero attached hydrogens (tertiary/aromatic N) is 1. The lowest BCUT2D eigenvalue weighted by molar-refractivity contribution is -0.940. The van der Waals surface area contributed by atoms with E-state index in [1.807, 2.05) is 24.3 Å². The third-order valence-electron chi connectivity index (χ3n) is 13.4. The lowest BCUT2D eigenvalue weighted by Crippen LogP contribution is -3.13. The minimum absolute atomic E-state index is 0.0410. The summed E-state index contributed by atoms with van der Waals surface area (Å²) in [5, 5.41) is 0. The molecule has 2 aliphatic rings. The molecule has 2 heterocycles. The zero-order valence-electron chi connectivity index (χ0n) is 40.4. The monoisotopic (exact) mass is 914 g/mol. The highest BCUT2D eigenvalue weighted by molar-refractivity contribution is 5.69. The van der Waals surface area contributed by atoms with Gasteiger partial charge >= 0.3 is 11.9 Å². The van der Waals surface area contributed by atoms with E-state index in [9.17, 15) is 9.59 Å². The van der Waals surface area contributed by atoms with E-state index < -0.39 is 0 Å². The number of likely N-dealkylation sites (N-methyl/N-ethyl adjacent to an activating group) is 1. The van der Waals surface area contributed by atoms with Crippen molar-refractivity contribution in [3.63, 3.8) is 0 Å². The van der Waals surface area contributed by atoms with Gasteiger partial charge in [0.1, 0.15) is 12.1 Å². The molecule has 0 saturated carbocycles. The van der Waals surface area contributed by atoms with E-state index in [1.165, 1.54) is 27.2 Å². The SMILES string of the molecule is COc1ccc(CC2c3cc(OC)c(OC)cc3CC[NH+]2CCC(=O)OCCCCCOC(=O)CC[N+]2(C)CCc3cc(OC)c(OC)cc3C2Cc2ccc(OC)c(OC)c2)cc1OC. The van der Waals surface area contributed by atoms with Crippen LogP contribution in [0, 0.1) is 0 Å². The number of methoxy groups -OCH3 is 8. The van der Waals surface area contributed by atoms with Crippen LogP contribution in [0.25, 0.3) is 0 Å². The van der Waals surface area contributed by atoms with Crippen LogP contribution in [0.1, 0.15) is 77.6 Å². The fraction of sp³-hybridized carbons (Fsp3) is 0.500. The number of ether oxygens (including phenoxy) is 10. The number of carbonyl (C=O) groups is 2. The van der Waals surface area contributed by atoms with Gasteiger partial charge in [0.2, 0.25) is 0 Å². The van der Waals surface area contributed by atoms with Gasteiger partial charge in [-0.05, 0) is 90.0 Å². The van der Waals surface area contributed by atoms with E-state index in [-0.39, 0.29) is 24.0 Å². The van der Waals surface area contributed by atoms with Crippen LogP contribution in [0.3, 0.4) is 0 Å². The van der Waals surface area contributed by atoms with Gasteiger partial charge in [0.05, 0.1) is 116 Å². The Morgan fingerprint density at radius 2 is 1.02 bits per heavy atom. The molecule has 0 aliphatic carbocycles. The highest BCUT2D eigenvalue weighted by Crippen LogP contribution is 2.43. The largest absolute Gasteiger partial charge is 0.493 e. The Morgan fingerprint density at radius 3 is 1.56 bits per heavy atom. The Labute approximate surface area is 390 Å². The quantitative estimate of drug-likeness (QED) is 0.0468. The maximum Gasteiger partial charge on any atom is 0.311 e. The maximum absolute atomic E-state index is 13.2. The summed E-state index contributed by atoms with van der Waals surface area (Å²) >= 11 is 0.